The smallest absolute Gasteiger partial charge is 0.278 e. The van der Waals surface area contributed by atoms with Gasteiger partial charge in [0.2, 0.25) is 0 Å². The van der Waals surface area contributed by atoms with Gasteiger partial charge in [0, 0.05) is 31.0 Å². The topological polar surface area (TPSA) is 71.1 Å². The summed E-state index contributed by atoms with van der Waals surface area (Å²) in [6, 6.07) is 13.3. The highest BCUT2D eigenvalue weighted by molar-refractivity contribution is 6.36. The van der Waals surface area contributed by atoms with Crippen molar-refractivity contribution in [2.75, 3.05) is 44.1 Å². The van der Waals surface area contributed by atoms with Crippen LogP contribution in [0, 0.1) is 5.92 Å². The fourth-order valence-corrected chi connectivity index (χ4v) is 4.36. The van der Waals surface area contributed by atoms with Crippen molar-refractivity contribution >= 4 is 28.8 Å². The molecule has 0 unspecified atom stereocenters. The maximum atomic E-state index is 13.4. The van der Waals surface area contributed by atoms with Crippen molar-refractivity contribution in [1.29, 1.82) is 0 Å². The molecule has 2 aliphatic rings. The zero-order valence-corrected chi connectivity index (χ0v) is 19.7. The molecule has 174 valence electrons. The summed E-state index contributed by atoms with van der Waals surface area (Å²) in [7, 11) is 3.11. The van der Waals surface area contributed by atoms with E-state index in [0.717, 1.165) is 18.8 Å². The molecule has 1 fully saturated rings. The number of anilines is 2. The largest absolute Gasteiger partial charge is 0.493 e. The van der Waals surface area contributed by atoms with Gasteiger partial charge in [-0.2, -0.15) is 0 Å². The van der Waals surface area contributed by atoms with Gasteiger partial charge < -0.3 is 19.7 Å². The normalized spacial score (nSPS) is 16.3. The van der Waals surface area contributed by atoms with Crippen LogP contribution in [0.15, 0.2) is 48.2 Å². The van der Waals surface area contributed by atoms with Gasteiger partial charge in [-0.25, -0.2) is 0 Å². The number of rotatable bonds is 8. The molecule has 0 radical (unpaired) electrons. The van der Waals surface area contributed by atoms with Crippen molar-refractivity contribution in [3.05, 3.63) is 53.7 Å². The number of hydrogen-bond donors (Lipinski definition) is 1. The lowest BCUT2D eigenvalue weighted by Gasteiger charge is -2.18. The molecule has 33 heavy (non-hydrogen) atoms. The van der Waals surface area contributed by atoms with Crippen molar-refractivity contribution in [3.8, 4) is 11.5 Å². The average molecular weight is 450 g/mol. The Balaban J connectivity index is 1.71. The molecule has 2 heterocycles. The molecule has 4 rings (SSSR count). The highest BCUT2D eigenvalue weighted by atomic mass is 16.5. The van der Waals surface area contributed by atoms with E-state index in [1.165, 1.54) is 23.4 Å². The predicted octanol–water partition coefficient (Wildman–Crippen LogP) is 4.15. The number of methoxy groups -OCH3 is 2. The highest BCUT2D eigenvalue weighted by Gasteiger charge is 2.39. The van der Waals surface area contributed by atoms with Gasteiger partial charge in [-0.3, -0.25) is 14.5 Å². The molecule has 7 heteroatoms. The first-order chi connectivity index (χ1) is 15.9. The van der Waals surface area contributed by atoms with Crippen molar-refractivity contribution in [1.82, 2.24) is 4.90 Å². The zero-order valence-electron chi connectivity index (χ0n) is 19.7. The van der Waals surface area contributed by atoms with E-state index < -0.39 is 0 Å². The van der Waals surface area contributed by atoms with Gasteiger partial charge in [0.1, 0.15) is 5.70 Å². The van der Waals surface area contributed by atoms with Crippen LogP contribution < -0.4 is 19.7 Å². The van der Waals surface area contributed by atoms with Crippen LogP contribution >= 0.6 is 0 Å². The number of carbonyl (C=O) groups is 2. The second-order valence-corrected chi connectivity index (χ2v) is 8.80. The van der Waals surface area contributed by atoms with Crippen LogP contribution in [0.25, 0.3) is 5.57 Å². The minimum Gasteiger partial charge on any atom is -0.493 e. The molecular formula is C26H31N3O4. The summed E-state index contributed by atoms with van der Waals surface area (Å²) in [6.07, 6.45) is 2.42. The second-order valence-electron chi connectivity index (χ2n) is 8.80. The molecule has 0 spiro atoms. The molecule has 0 bridgehead atoms. The number of nitrogens with zero attached hydrogens (tertiary/aromatic N) is 2. The van der Waals surface area contributed by atoms with Gasteiger partial charge in [-0.05, 0) is 60.7 Å². The molecule has 0 saturated carbocycles. The van der Waals surface area contributed by atoms with Crippen molar-refractivity contribution in [2.45, 2.75) is 26.7 Å². The lowest BCUT2D eigenvalue weighted by Crippen LogP contribution is -2.35. The van der Waals surface area contributed by atoms with E-state index in [0.29, 0.717) is 29.2 Å². The Kier molecular flexibility index (Phi) is 6.58. The lowest BCUT2D eigenvalue weighted by atomic mass is 10.0. The fourth-order valence-electron chi connectivity index (χ4n) is 4.36. The molecule has 2 aliphatic heterocycles. The van der Waals surface area contributed by atoms with E-state index in [1.807, 2.05) is 26.0 Å². The van der Waals surface area contributed by atoms with Crippen LogP contribution in [0.5, 0.6) is 11.5 Å². The van der Waals surface area contributed by atoms with E-state index in [4.69, 9.17) is 9.47 Å². The standard InChI is InChI=1S/C26H31N3O4/c1-17(2)16-29-25(30)23(18-7-12-21(32-3)22(15-18)33-4)24(26(29)31)27-19-8-10-20(11-9-19)28-13-5-6-14-28/h7-12,15,17,27H,5-6,13-14,16H2,1-4H3. The van der Waals surface area contributed by atoms with Gasteiger partial charge >= 0.3 is 0 Å². The first-order valence-electron chi connectivity index (χ1n) is 11.4. The third-order valence-electron chi connectivity index (χ3n) is 6.00. The molecular weight excluding hydrogens is 418 g/mol. The number of benzene rings is 2. The number of imide groups is 1. The van der Waals surface area contributed by atoms with E-state index in [-0.39, 0.29) is 23.4 Å². The number of nitrogens with one attached hydrogen (secondary N) is 1. The minimum atomic E-state index is -0.317. The molecule has 0 atom stereocenters. The summed E-state index contributed by atoms with van der Waals surface area (Å²) in [4.78, 5) is 30.3. The molecule has 2 amide bonds. The summed E-state index contributed by atoms with van der Waals surface area (Å²) in [5.74, 6) is 0.590. The third kappa shape index (κ3) is 4.53. The van der Waals surface area contributed by atoms with E-state index in [2.05, 4.69) is 22.3 Å². The van der Waals surface area contributed by atoms with E-state index in [9.17, 15) is 9.59 Å². The van der Waals surface area contributed by atoms with Gasteiger partial charge in [-0.1, -0.05) is 19.9 Å². The van der Waals surface area contributed by atoms with Crippen LogP contribution in [-0.4, -0.2) is 50.6 Å². The summed E-state index contributed by atoms with van der Waals surface area (Å²) >= 11 is 0. The quantitative estimate of drug-likeness (QED) is 0.611. The Bertz CT molecular complexity index is 1070. The Morgan fingerprint density at radius 2 is 1.58 bits per heavy atom. The fraction of sp³-hybridized carbons (Fsp3) is 0.385. The summed E-state index contributed by atoms with van der Waals surface area (Å²) in [5, 5.41) is 3.23. The van der Waals surface area contributed by atoms with Crippen LogP contribution in [0.3, 0.4) is 0 Å². The molecule has 0 aliphatic carbocycles. The second kappa shape index (κ2) is 9.57. The molecule has 7 nitrogen and oxygen atoms in total. The Hall–Kier alpha value is -3.48. The summed E-state index contributed by atoms with van der Waals surface area (Å²) in [5.41, 5.74) is 3.15. The van der Waals surface area contributed by atoms with Crippen LogP contribution in [0.1, 0.15) is 32.3 Å². The highest BCUT2D eigenvalue weighted by Crippen LogP contribution is 2.36. The average Bonchev–Trinajstić information content (AvgIpc) is 3.43. The summed E-state index contributed by atoms with van der Waals surface area (Å²) < 4.78 is 10.8. The molecule has 1 saturated heterocycles. The molecule has 0 aromatic heterocycles. The molecule has 1 N–H and O–H groups in total. The first kappa shape index (κ1) is 22.7. The lowest BCUT2D eigenvalue weighted by molar-refractivity contribution is -0.137. The Labute approximate surface area is 195 Å². The van der Waals surface area contributed by atoms with Crippen LogP contribution in [-0.2, 0) is 9.59 Å². The van der Waals surface area contributed by atoms with Crippen molar-refractivity contribution < 1.29 is 19.1 Å². The Morgan fingerprint density at radius 1 is 0.909 bits per heavy atom. The molecule has 2 aromatic rings. The monoisotopic (exact) mass is 449 g/mol. The van der Waals surface area contributed by atoms with Gasteiger partial charge in [0.25, 0.3) is 11.8 Å². The maximum Gasteiger partial charge on any atom is 0.278 e. The number of hydrogen-bond acceptors (Lipinski definition) is 6. The zero-order chi connectivity index (χ0) is 23.5. The summed E-state index contributed by atoms with van der Waals surface area (Å²) in [6.45, 7) is 6.46. The van der Waals surface area contributed by atoms with E-state index in [1.54, 1.807) is 32.4 Å². The minimum absolute atomic E-state index is 0.156. The van der Waals surface area contributed by atoms with Gasteiger partial charge in [0.15, 0.2) is 11.5 Å². The Morgan fingerprint density at radius 3 is 2.18 bits per heavy atom. The SMILES string of the molecule is COc1ccc(C2=C(Nc3ccc(N4CCCC4)cc3)C(=O)N(CC(C)C)C2=O)cc1OC. The van der Waals surface area contributed by atoms with Crippen molar-refractivity contribution in [3.63, 3.8) is 0 Å². The first-order valence-corrected chi connectivity index (χ1v) is 11.4. The van der Waals surface area contributed by atoms with Gasteiger partial charge in [0.05, 0.1) is 19.8 Å². The van der Waals surface area contributed by atoms with Crippen molar-refractivity contribution in [2.24, 2.45) is 5.92 Å². The van der Waals surface area contributed by atoms with E-state index >= 15 is 0 Å². The van der Waals surface area contributed by atoms with Crippen LogP contribution in [0.2, 0.25) is 0 Å². The number of ether oxygens (including phenoxy) is 2. The molecule has 2 aromatic carbocycles. The predicted molar refractivity (Wildman–Crippen MR) is 130 cm³/mol. The maximum absolute atomic E-state index is 13.4. The number of carbonyl (C=O) groups excluding carboxylic acids is 2. The van der Waals surface area contributed by atoms with Gasteiger partial charge in [-0.15, -0.1) is 0 Å². The van der Waals surface area contributed by atoms with Crippen LogP contribution in [0.4, 0.5) is 11.4 Å². The number of amides is 2. The third-order valence-corrected chi connectivity index (χ3v) is 6.00.